The van der Waals surface area contributed by atoms with Gasteiger partial charge in [-0.2, -0.15) is 5.10 Å². The molecule has 0 aliphatic carbocycles. The Morgan fingerprint density at radius 1 is 1.64 bits per heavy atom. The van der Waals surface area contributed by atoms with Crippen LogP contribution in [0.4, 0.5) is 8.78 Å². The van der Waals surface area contributed by atoms with Crippen molar-refractivity contribution in [2.24, 2.45) is 0 Å². The summed E-state index contributed by atoms with van der Waals surface area (Å²) in [5.74, 6) is 0. The zero-order valence-corrected chi connectivity index (χ0v) is 8.00. The van der Waals surface area contributed by atoms with E-state index in [0.717, 1.165) is 19.5 Å². The Balaban J connectivity index is 2.23. The van der Waals surface area contributed by atoms with E-state index in [1.165, 1.54) is 6.07 Å². The number of halogens is 2. The maximum absolute atomic E-state index is 12.3. The van der Waals surface area contributed by atoms with E-state index in [-0.39, 0.29) is 11.2 Å². The van der Waals surface area contributed by atoms with E-state index in [9.17, 15) is 8.78 Å². The van der Waals surface area contributed by atoms with E-state index in [1.54, 1.807) is 10.9 Å². The summed E-state index contributed by atoms with van der Waals surface area (Å²) in [4.78, 5) is 0. The fourth-order valence-corrected chi connectivity index (χ4v) is 1.75. The molecular weight excluding hydrogens is 188 g/mol. The van der Waals surface area contributed by atoms with E-state index < -0.39 is 6.43 Å². The molecule has 2 heterocycles. The smallest absolute Gasteiger partial charge is 0.282 e. The highest BCUT2D eigenvalue weighted by molar-refractivity contribution is 5.04. The SMILES string of the molecule is CC1(n2ccc(C(F)F)n2)CCNC1. The number of hydrogen-bond donors (Lipinski definition) is 1. The van der Waals surface area contributed by atoms with Crippen LogP contribution in [-0.2, 0) is 5.54 Å². The van der Waals surface area contributed by atoms with Crippen LogP contribution in [0.1, 0.15) is 25.5 Å². The quantitative estimate of drug-likeness (QED) is 0.786. The minimum Gasteiger partial charge on any atom is -0.314 e. The topological polar surface area (TPSA) is 29.9 Å². The van der Waals surface area contributed by atoms with Crippen LogP contribution in [0.25, 0.3) is 0 Å². The van der Waals surface area contributed by atoms with Gasteiger partial charge in [-0.15, -0.1) is 0 Å². The number of nitrogens with zero attached hydrogens (tertiary/aromatic N) is 2. The average molecular weight is 201 g/mol. The Morgan fingerprint density at radius 2 is 2.43 bits per heavy atom. The first-order valence-corrected chi connectivity index (χ1v) is 4.67. The van der Waals surface area contributed by atoms with Gasteiger partial charge in [0.15, 0.2) is 0 Å². The van der Waals surface area contributed by atoms with Crippen molar-refractivity contribution in [3.05, 3.63) is 18.0 Å². The normalized spacial score (nSPS) is 27.4. The molecule has 1 aliphatic rings. The van der Waals surface area contributed by atoms with E-state index in [4.69, 9.17) is 0 Å². The Kier molecular flexibility index (Phi) is 2.26. The van der Waals surface area contributed by atoms with Gasteiger partial charge in [0.05, 0.1) is 5.54 Å². The maximum atomic E-state index is 12.3. The molecule has 78 valence electrons. The van der Waals surface area contributed by atoms with Gasteiger partial charge in [-0.05, 0) is 26.0 Å². The second kappa shape index (κ2) is 3.31. The molecule has 1 fully saturated rings. The first-order chi connectivity index (χ1) is 6.62. The number of aromatic nitrogens is 2. The zero-order chi connectivity index (χ0) is 10.2. The molecule has 0 saturated carbocycles. The summed E-state index contributed by atoms with van der Waals surface area (Å²) in [6.45, 7) is 3.73. The van der Waals surface area contributed by atoms with Gasteiger partial charge >= 0.3 is 0 Å². The molecule has 2 rings (SSSR count). The molecule has 1 saturated heterocycles. The third-order valence-corrected chi connectivity index (χ3v) is 2.73. The van der Waals surface area contributed by atoms with Crippen LogP contribution in [0.3, 0.4) is 0 Å². The highest BCUT2D eigenvalue weighted by Crippen LogP contribution is 2.24. The lowest BCUT2D eigenvalue weighted by molar-refractivity contribution is 0.143. The fourth-order valence-electron chi connectivity index (χ4n) is 1.75. The first-order valence-electron chi connectivity index (χ1n) is 4.67. The van der Waals surface area contributed by atoms with Crippen molar-refractivity contribution in [1.82, 2.24) is 15.1 Å². The summed E-state index contributed by atoms with van der Waals surface area (Å²) in [6.07, 6.45) is 0.0838. The van der Waals surface area contributed by atoms with Crippen molar-refractivity contribution in [3.63, 3.8) is 0 Å². The molecule has 14 heavy (non-hydrogen) atoms. The summed E-state index contributed by atoms with van der Waals surface area (Å²) >= 11 is 0. The van der Waals surface area contributed by atoms with E-state index in [2.05, 4.69) is 10.4 Å². The molecule has 1 aromatic heterocycles. The monoisotopic (exact) mass is 201 g/mol. The summed E-state index contributed by atoms with van der Waals surface area (Å²) in [5, 5.41) is 7.09. The van der Waals surface area contributed by atoms with Crippen molar-refractivity contribution >= 4 is 0 Å². The van der Waals surface area contributed by atoms with Crippen molar-refractivity contribution in [3.8, 4) is 0 Å². The summed E-state index contributed by atoms with van der Waals surface area (Å²) in [5.41, 5.74) is -0.286. The van der Waals surface area contributed by atoms with Gasteiger partial charge in [0.2, 0.25) is 0 Å². The van der Waals surface area contributed by atoms with Gasteiger partial charge < -0.3 is 5.32 Å². The van der Waals surface area contributed by atoms with Crippen LogP contribution in [-0.4, -0.2) is 22.9 Å². The van der Waals surface area contributed by atoms with Crippen LogP contribution >= 0.6 is 0 Å². The molecule has 1 unspecified atom stereocenters. The molecule has 0 radical (unpaired) electrons. The van der Waals surface area contributed by atoms with Crippen molar-refractivity contribution in [2.45, 2.75) is 25.3 Å². The van der Waals surface area contributed by atoms with Crippen molar-refractivity contribution in [1.29, 1.82) is 0 Å². The van der Waals surface area contributed by atoms with Gasteiger partial charge in [0.25, 0.3) is 6.43 Å². The van der Waals surface area contributed by atoms with E-state index in [1.807, 2.05) is 6.92 Å². The van der Waals surface area contributed by atoms with E-state index >= 15 is 0 Å². The highest BCUT2D eigenvalue weighted by atomic mass is 19.3. The molecule has 1 aromatic rings. The van der Waals surface area contributed by atoms with Gasteiger partial charge in [-0.1, -0.05) is 0 Å². The second-order valence-corrected chi connectivity index (χ2v) is 3.91. The Labute approximate surface area is 81.1 Å². The van der Waals surface area contributed by atoms with Crippen LogP contribution in [0.15, 0.2) is 12.3 Å². The van der Waals surface area contributed by atoms with Crippen LogP contribution in [0, 0.1) is 0 Å². The van der Waals surface area contributed by atoms with Crippen LogP contribution in [0.2, 0.25) is 0 Å². The summed E-state index contributed by atoms with van der Waals surface area (Å²) < 4.78 is 26.2. The molecular formula is C9H13F2N3. The summed E-state index contributed by atoms with van der Waals surface area (Å²) in [7, 11) is 0. The molecule has 0 bridgehead atoms. The van der Waals surface area contributed by atoms with Crippen LogP contribution in [0.5, 0.6) is 0 Å². The molecule has 3 nitrogen and oxygen atoms in total. The number of nitrogens with one attached hydrogen (secondary N) is 1. The molecule has 1 aliphatic heterocycles. The Morgan fingerprint density at radius 3 is 2.93 bits per heavy atom. The lowest BCUT2D eigenvalue weighted by Crippen LogP contribution is -2.32. The standard InChI is InChI=1S/C9H13F2N3/c1-9(3-4-12-6-9)14-5-2-7(13-14)8(10)11/h2,5,8,12H,3-4,6H2,1H3. The fraction of sp³-hybridized carbons (Fsp3) is 0.667. The molecule has 1 N–H and O–H groups in total. The third-order valence-electron chi connectivity index (χ3n) is 2.73. The van der Waals surface area contributed by atoms with Crippen molar-refractivity contribution in [2.75, 3.05) is 13.1 Å². The van der Waals surface area contributed by atoms with E-state index in [0.29, 0.717) is 0 Å². The van der Waals surface area contributed by atoms with Gasteiger partial charge in [0, 0.05) is 12.7 Å². The number of rotatable bonds is 2. The molecule has 0 amide bonds. The summed E-state index contributed by atoms with van der Waals surface area (Å²) in [6, 6.07) is 1.38. The maximum Gasteiger partial charge on any atom is 0.282 e. The molecule has 1 atom stereocenters. The van der Waals surface area contributed by atoms with Crippen LogP contribution < -0.4 is 5.32 Å². The largest absolute Gasteiger partial charge is 0.314 e. The van der Waals surface area contributed by atoms with Gasteiger partial charge in [0.1, 0.15) is 5.69 Å². The predicted octanol–water partition coefficient (Wildman–Crippen LogP) is 1.53. The Bertz CT molecular complexity index is 316. The third kappa shape index (κ3) is 1.52. The molecule has 0 spiro atoms. The van der Waals surface area contributed by atoms with Gasteiger partial charge in [-0.3, -0.25) is 4.68 Å². The second-order valence-electron chi connectivity index (χ2n) is 3.91. The van der Waals surface area contributed by atoms with Gasteiger partial charge in [-0.25, -0.2) is 8.78 Å². The lowest BCUT2D eigenvalue weighted by Gasteiger charge is -2.23. The highest BCUT2D eigenvalue weighted by Gasteiger charge is 2.31. The van der Waals surface area contributed by atoms with Crippen molar-refractivity contribution < 1.29 is 8.78 Å². The first kappa shape index (κ1) is 9.58. The predicted molar refractivity (Wildman–Crippen MR) is 48.3 cm³/mol. The molecule has 0 aromatic carbocycles. The number of alkyl halides is 2. The minimum absolute atomic E-state index is 0.141. The zero-order valence-electron chi connectivity index (χ0n) is 8.00. The molecule has 5 heteroatoms. The minimum atomic E-state index is -2.48. The Hall–Kier alpha value is -0.970. The number of hydrogen-bond acceptors (Lipinski definition) is 2. The lowest BCUT2D eigenvalue weighted by atomic mass is 10.0. The average Bonchev–Trinajstić information content (AvgIpc) is 2.71.